The van der Waals surface area contributed by atoms with E-state index in [1.54, 1.807) is 18.2 Å². The van der Waals surface area contributed by atoms with Gasteiger partial charge < -0.3 is 15.0 Å². The number of ether oxygens (including phenoxy) is 1. The van der Waals surface area contributed by atoms with Crippen LogP contribution in [0.15, 0.2) is 35.5 Å². The average molecular weight is 275 g/mol. The Balaban J connectivity index is 2.08. The van der Waals surface area contributed by atoms with Crippen LogP contribution in [-0.2, 0) is 16.1 Å². The van der Waals surface area contributed by atoms with Crippen molar-refractivity contribution < 1.29 is 9.53 Å². The molecule has 2 heterocycles. The Hall–Kier alpha value is -1.72. The molecule has 0 spiro atoms. The van der Waals surface area contributed by atoms with E-state index in [4.69, 9.17) is 4.74 Å². The molecule has 1 aromatic heterocycles. The molecule has 5 nitrogen and oxygen atoms in total. The molecular formula is C15H21N3O2. The molecule has 2 rings (SSSR count). The zero-order chi connectivity index (χ0) is 14.4. The summed E-state index contributed by atoms with van der Waals surface area (Å²) in [4.78, 5) is 18.6. The highest BCUT2D eigenvalue weighted by atomic mass is 16.5. The molecule has 0 bridgehead atoms. The summed E-state index contributed by atoms with van der Waals surface area (Å²) in [5.41, 5.74) is 2.93. The van der Waals surface area contributed by atoms with E-state index < -0.39 is 0 Å². The Morgan fingerprint density at radius 1 is 1.45 bits per heavy atom. The molecule has 1 N–H and O–H groups in total. The van der Waals surface area contributed by atoms with Gasteiger partial charge in [-0.05, 0) is 24.6 Å². The Bertz CT molecular complexity index is 479. The number of carbonyl (C=O) groups is 1. The first kappa shape index (κ1) is 14.7. The predicted molar refractivity (Wildman–Crippen MR) is 77.1 cm³/mol. The number of nitrogens with zero attached hydrogens (tertiary/aromatic N) is 2. The molecule has 108 valence electrons. The highest BCUT2D eigenvalue weighted by Gasteiger charge is 2.21. The van der Waals surface area contributed by atoms with E-state index in [1.807, 2.05) is 25.1 Å². The lowest BCUT2D eigenvalue weighted by Crippen LogP contribution is -2.40. The van der Waals surface area contributed by atoms with Gasteiger partial charge in [-0.3, -0.25) is 9.78 Å². The third kappa shape index (κ3) is 3.65. The van der Waals surface area contributed by atoms with E-state index in [0.717, 1.165) is 24.4 Å². The van der Waals surface area contributed by atoms with Gasteiger partial charge in [0, 0.05) is 38.5 Å². The van der Waals surface area contributed by atoms with Crippen molar-refractivity contribution in [3.8, 4) is 0 Å². The summed E-state index contributed by atoms with van der Waals surface area (Å²) >= 11 is 0. The Labute approximate surface area is 119 Å². The smallest absolute Gasteiger partial charge is 0.249 e. The second kappa shape index (κ2) is 7.17. The van der Waals surface area contributed by atoms with Gasteiger partial charge in [-0.1, -0.05) is 6.07 Å². The van der Waals surface area contributed by atoms with Crippen LogP contribution in [0.5, 0.6) is 0 Å². The molecule has 20 heavy (non-hydrogen) atoms. The summed E-state index contributed by atoms with van der Waals surface area (Å²) in [6.07, 6.45) is 1.75. The largest absolute Gasteiger partial charge is 0.383 e. The Kier molecular flexibility index (Phi) is 5.26. The fourth-order valence-corrected chi connectivity index (χ4v) is 2.04. The predicted octanol–water partition coefficient (Wildman–Crippen LogP) is 0.976. The third-order valence-corrected chi connectivity index (χ3v) is 3.46. The van der Waals surface area contributed by atoms with Gasteiger partial charge in [0.1, 0.15) is 0 Å². The molecular weight excluding hydrogens is 254 g/mol. The summed E-state index contributed by atoms with van der Waals surface area (Å²) in [6.45, 7) is 5.15. The standard InChI is InChI=1S/C15H21N3O2/c1-12(13-9-16-10-13)15(19)18(7-8-20-2)11-14-5-3-4-6-17-14/h3-6,16H,7-11H2,1-2H3. The fourth-order valence-electron chi connectivity index (χ4n) is 2.04. The lowest BCUT2D eigenvalue weighted by atomic mass is 10.0. The summed E-state index contributed by atoms with van der Waals surface area (Å²) in [7, 11) is 1.64. The van der Waals surface area contributed by atoms with Crippen molar-refractivity contribution in [3.05, 3.63) is 41.2 Å². The van der Waals surface area contributed by atoms with E-state index in [2.05, 4.69) is 10.3 Å². The minimum absolute atomic E-state index is 0.0733. The summed E-state index contributed by atoms with van der Waals surface area (Å²) in [6, 6.07) is 5.74. The SMILES string of the molecule is COCCN(Cc1ccccn1)C(=O)C(C)=C1CNC1. The van der Waals surface area contributed by atoms with Crippen molar-refractivity contribution >= 4 is 5.91 Å². The highest BCUT2D eigenvalue weighted by Crippen LogP contribution is 2.13. The quantitative estimate of drug-likeness (QED) is 0.786. The normalized spacial score (nSPS) is 13.8. The fraction of sp³-hybridized carbons (Fsp3) is 0.467. The topological polar surface area (TPSA) is 54.5 Å². The molecule has 1 aromatic rings. The van der Waals surface area contributed by atoms with Gasteiger partial charge in [0.15, 0.2) is 0 Å². The number of aromatic nitrogens is 1. The van der Waals surface area contributed by atoms with Crippen molar-refractivity contribution in [1.82, 2.24) is 15.2 Å². The van der Waals surface area contributed by atoms with Gasteiger partial charge in [0.2, 0.25) is 5.91 Å². The van der Waals surface area contributed by atoms with Gasteiger partial charge in [-0.15, -0.1) is 0 Å². The molecule has 5 heteroatoms. The van der Waals surface area contributed by atoms with Crippen molar-refractivity contribution in [2.45, 2.75) is 13.5 Å². The van der Waals surface area contributed by atoms with Crippen LogP contribution < -0.4 is 5.32 Å². The van der Waals surface area contributed by atoms with E-state index in [1.165, 1.54) is 5.57 Å². The summed E-state index contributed by atoms with van der Waals surface area (Å²) in [5.74, 6) is 0.0733. The Morgan fingerprint density at radius 3 is 2.80 bits per heavy atom. The maximum absolute atomic E-state index is 12.5. The van der Waals surface area contributed by atoms with Gasteiger partial charge in [-0.25, -0.2) is 0 Å². The van der Waals surface area contributed by atoms with Gasteiger partial charge in [-0.2, -0.15) is 0 Å². The number of amides is 1. The molecule has 1 aliphatic rings. The zero-order valence-electron chi connectivity index (χ0n) is 12.1. The number of hydrogen-bond acceptors (Lipinski definition) is 4. The van der Waals surface area contributed by atoms with Crippen molar-refractivity contribution in [1.29, 1.82) is 0 Å². The van der Waals surface area contributed by atoms with Crippen LogP contribution in [0.2, 0.25) is 0 Å². The zero-order valence-corrected chi connectivity index (χ0v) is 12.1. The molecule has 0 aliphatic carbocycles. The maximum Gasteiger partial charge on any atom is 0.249 e. The molecule has 1 amide bonds. The van der Waals surface area contributed by atoms with Crippen molar-refractivity contribution in [2.75, 3.05) is 33.4 Å². The maximum atomic E-state index is 12.5. The molecule has 0 radical (unpaired) electrons. The molecule has 0 unspecified atom stereocenters. The number of rotatable bonds is 6. The van der Waals surface area contributed by atoms with Crippen molar-refractivity contribution in [3.63, 3.8) is 0 Å². The lowest BCUT2D eigenvalue weighted by Gasteiger charge is -2.27. The van der Waals surface area contributed by atoms with Crippen LogP contribution in [0.4, 0.5) is 0 Å². The molecule has 1 fully saturated rings. The van der Waals surface area contributed by atoms with Crippen molar-refractivity contribution in [2.24, 2.45) is 0 Å². The average Bonchev–Trinajstić information content (AvgIpc) is 2.42. The van der Waals surface area contributed by atoms with Crippen LogP contribution in [0.25, 0.3) is 0 Å². The second-order valence-electron chi connectivity index (χ2n) is 4.87. The molecule has 0 atom stereocenters. The van der Waals surface area contributed by atoms with Gasteiger partial charge in [0.25, 0.3) is 0 Å². The van der Waals surface area contributed by atoms with Crippen LogP contribution in [0.1, 0.15) is 12.6 Å². The monoisotopic (exact) mass is 275 g/mol. The molecule has 1 saturated heterocycles. The summed E-state index contributed by atoms with van der Waals surface area (Å²) < 4.78 is 5.10. The first-order valence-corrected chi connectivity index (χ1v) is 6.80. The highest BCUT2D eigenvalue weighted by molar-refractivity contribution is 5.94. The Morgan fingerprint density at radius 2 is 2.25 bits per heavy atom. The number of methoxy groups -OCH3 is 1. The van der Waals surface area contributed by atoms with Crippen LogP contribution in [0.3, 0.4) is 0 Å². The minimum atomic E-state index is 0.0733. The van der Waals surface area contributed by atoms with E-state index in [0.29, 0.717) is 19.7 Å². The first-order chi connectivity index (χ1) is 9.72. The van der Waals surface area contributed by atoms with E-state index >= 15 is 0 Å². The van der Waals surface area contributed by atoms with Crippen LogP contribution in [0, 0.1) is 0 Å². The molecule has 0 saturated carbocycles. The minimum Gasteiger partial charge on any atom is -0.383 e. The van der Waals surface area contributed by atoms with E-state index in [-0.39, 0.29) is 5.91 Å². The molecule has 0 aromatic carbocycles. The van der Waals surface area contributed by atoms with E-state index in [9.17, 15) is 4.79 Å². The second-order valence-corrected chi connectivity index (χ2v) is 4.87. The van der Waals surface area contributed by atoms with Crippen LogP contribution in [-0.4, -0.2) is 49.1 Å². The number of hydrogen-bond donors (Lipinski definition) is 1. The van der Waals surface area contributed by atoms with Crippen LogP contribution >= 0.6 is 0 Å². The number of pyridine rings is 1. The number of carbonyl (C=O) groups excluding carboxylic acids is 1. The number of nitrogens with one attached hydrogen (secondary N) is 1. The lowest BCUT2D eigenvalue weighted by molar-refractivity contribution is -0.128. The van der Waals surface area contributed by atoms with Gasteiger partial charge in [0.05, 0.1) is 18.8 Å². The first-order valence-electron chi connectivity index (χ1n) is 6.80. The third-order valence-electron chi connectivity index (χ3n) is 3.46. The summed E-state index contributed by atoms with van der Waals surface area (Å²) in [5, 5.41) is 3.16. The van der Waals surface area contributed by atoms with Gasteiger partial charge >= 0.3 is 0 Å². The molecule has 1 aliphatic heterocycles.